The Morgan fingerprint density at radius 3 is 2.37 bits per heavy atom. The number of nitrogens with one attached hydrogen (secondary N) is 1. The van der Waals surface area contributed by atoms with Gasteiger partial charge in [0.2, 0.25) is 0 Å². The van der Waals surface area contributed by atoms with Gasteiger partial charge in [0.15, 0.2) is 12.7 Å². The number of carbonyl (C=O) groups is 2. The molecule has 7 heteroatoms. The van der Waals surface area contributed by atoms with Crippen LogP contribution in [0, 0.1) is 0 Å². The molecule has 2 aromatic rings. The van der Waals surface area contributed by atoms with Crippen molar-refractivity contribution in [3.05, 3.63) is 53.2 Å². The van der Waals surface area contributed by atoms with Gasteiger partial charge in [-0.15, -0.1) is 0 Å². The highest BCUT2D eigenvalue weighted by atomic mass is 35.5. The first-order valence-corrected chi connectivity index (χ1v) is 8.88. The van der Waals surface area contributed by atoms with Crippen LogP contribution >= 0.6 is 11.6 Å². The van der Waals surface area contributed by atoms with E-state index in [1.54, 1.807) is 24.3 Å². The van der Waals surface area contributed by atoms with Crippen molar-refractivity contribution in [3.8, 4) is 5.75 Å². The van der Waals surface area contributed by atoms with Gasteiger partial charge in [0.1, 0.15) is 11.6 Å². The van der Waals surface area contributed by atoms with Crippen molar-refractivity contribution in [2.24, 2.45) is 0 Å². The number of aromatic nitrogens is 1. The third-order valence-corrected chi connectivity index (χ3v) is 3.96. The minimum atomic E-state index is -0.984. The monoisotopic (exact) mass is 390 g/mol. The minimum Gasteiger partial charge on any atom is -0.482 e. The molecule has 2 rings (SSSR count). The number of esters is 1. The van der Waals surface area contributed by atoms with E-state index in [0.717, 1.165) is 0 Å². The van der Waals surface area contributed by atoms with E-state index in [9.17, 15) is 9.59 Å². The number of halogens is 1. The van der Waals surface area contributed by atoms with E-state index in [1.807, 2.05) is 12.1 Å². The minimum absolute atomic E-state index is 0.0409. The average molecular weight is 391 g/mol. The number of amides is 1. The zero-order valence-electron chi connectivity index (χ0n) is 15.8. The second-order valence-corrected chi connectivity index (χ2v) is 7.48. The van der Waals surface area contributed by atoms with Crippen molar-refractivity contribution >= 4 is 29.3 Å². The second kappa shape index (κ2) is 8.86. The van der Waals surface area contributed by atoms with Crippen LogP contribution in [0.15, 0.2) is 42.6 Å². The second-order valence-electron chi connectivity index (χ2n) is 7.05. The smallest absolute Gasteiger partial charge is 0.344 e. The molecule has 0 bridgehead atoms. The molecule has 144 valence electrons. The van der Waals surface area contributed by atoms with E-state index in [2.05, 4.69) is 31.1 Å². The van der Waals surface area contributed by atoms with E-state index < -0.39 is 18.0 Å². The van der Waals surface area contributed by atoms with Crippen LogP contribution < -0.4 is 10.1 Å². The maximum Gasteiger partial charge on any atom is 0.344 e. The maximum absolute atomic E-state index is 12.0. The van der Waals surface area contributed by atoms with E-state index in [4.69, 9.17) is 21.1 Å². The summed E-state index contributed by atoms with van der Waals surface area (Å²) in [5.74, 6) is -0.251. The van der Waals surface area contributed by atoms with Crippen molar-refractivity contribution in [1.82, 2.24) is 4.98 Å². The number of ether oxygens (including phenoxy) is 2. The molecule has 1 heterocycles. The molecule has 0 aliphatic rings. The van der Waals surface area contributed by atoms with Gasteiger partial charge < -0.3 is 14.8 Å². The van der Waals surface area contributed by atoms with Gasteiger partial charge in [-0.1, -0.05) is 44.5 Å². The van der Waals surface area contributed by atoms with Crippen LogP contribution in [-0.4, -0.2) is 29.6 Å². The molecule has 0 spiro atoms. The molecule has 0 saturated heterocycles. The largest absolute Gasteiger partial charge is 0.482 e. The molecule has 1 N–H and O–H groups in total. The molecule has 0 unspecified atom stereocenters. The highest BCUT2D eigenvalue weighted by Gasteiger charge is 2.19. The zero-order chi connectivity index (χ0) is 20.0. The number of hydrogen-bond donors (Lipinski definition) is 1. The Bertz CT molecular complexity index is 783. The molecule has 1 atom stereocenters. The molecule has 1 amide bonds. The van der Waals surface area contributed by atoms with Crippen molar-refractivity contribution < 1.29 is 19.1 Å². The molecule has 0 saturated carbocycles. The number of anilines is 1. The normalized spacial score (nSPS) is 12.2. The van der Waals surface area contributed by atoms with Gasteiger partial charge in [-0.25, -0.2) is 9.78 Å². The van der Waals surface area contributed by atoms with Crippen molar-refractivity contribution in [2.75, 3.05) is 11.9 Å². The number of nitrogens with zero attached hydrogens (tertiary/aromatic N) is 1. The van der Waals surface area contributed by atoms with Crippen LogP contribution in [0.1, 0.15) is 33.3 Å². The third kappa shape index (κ3) is 6.57. The predicted molar refractivity (Wildman–Crippen MR) is 104 cm³/mol. The fourth-order valence-corrected chi connectivity index (χ4v) is 2.27. The molecule has 6 nitrogen and oxygen atoms in total. The van der Waals surface area contributed by atoms with Gasteiger partial charge in [0, 0.05) is 6.20 Å². The Hall–Kier alpha value is -2.60. The standard InChI is InChI=1S/C20H23ClN2O4/c1-13(19(25)23-17-10-7-15(21)11-22-17)27-18(24)12-26-16-8-5-14(6-9-16)20(2,3)4/h5-11,13H,12H2,1-4H3,(H,22,23,25)/t13-/m1/s1. The number of pyridine rings is 1. The SMILES string of the molecule is C[C@@H](OC(=O)COc1ccc(C(C)(C)C)cc1)C(=O)Nc1ccc(Cl)cn1. The van der Waals surface area contributed by atoms with E-state index in [1.165, 1.54) is 18.7 Å². The number of hydrogen-bond acceptors (Lipinski definition) is 5. The van der Waals surface area contributed by atoms with Gasteiger partial charge in [0.05, 0.1) is 5.02 Å². The van der Waals surface area contributed by atoms with Crippen LogP contribution in [0.4, 0.5) is 5.82 Å². The lowest BCUT2D eigenvalue weighted by atomic mass is 9.87. The van der Waals surface area contributed by atoms with Crippen LogP contribution in [0.25, 0.3) is 0 Å². The summed E-state index contributed by atoms with van der Waals surface area (Å²) in [6, 6.07) is 10.7. The highest BCUT2D eigenvalue weighted by Crippen LogP contribution is 2.24. The molecule has 0 fully saturated rings. The summed E-state index contributed by atoms with van der Waals surface area (Å²) in [7, 11) is 0. The van der Waals surface area contributed by atoms with E-state index in [0.29, 0.717) is 16.6 Å². The topological polar surface area (TPSA) is 77.5 Å². The highest BCUT2D eigenvalue weighted by molar-refractivity contribution is 6.30. The lowest BCUT2D eigenvalue weighted by Gasteiger charge is -2.19. The van der Waals surface area contributed by atoms with Gasteiger partial charge in [-0.3, -0.25) is 4.79 Å². The number of rotatable bonds is 6. The summed E-state index contributed by atoms with van der Waals surface area (Å²) < 4.78 is 10.5. The summed E-state index contributed by atoms with van der Waals surface area (Å²) in [6.45, 7) is 7.54. The Morgan fingerprint density at radius 1 is 1.15 bits per heavy atom. The Balaban J connectivity index is 1.80. The van der Waals surface area contributed by atoms with Crippen molar-refractivity contribution in [2.45, 2.75) is 39.2 Å². The van der Waals surface area contributed by atoms with Crippen LogP contribution in [0.5, 0.6) is 5.75 Å². The molecular weight excluding hydrogens is 368 g/mol. The van der Waals surface area contributed by atoms with E-state index in [-0.39, 0.29) is 12.0 Å². The Kier molecular flexibility index (Phi) is 6.80. The van der Waals surface area contributed by atoms with Crippen LogP contribution in [0.2, 0.25) is 5.02 Å². The first-order valence-electron chi connectivity index (χ1n) is 8.50. The average Bonchev–Trinajstić information content (AvgIpc) is 2.61. The number of benzene rings is 1. The fourth-order valence-electron chi connectivity index (χ4n) is 2.16. The molecule has 27 heavy (non-hydrogen) atoms. The quantitative estimate of drug-likeness (QED) is 0.755. The summed E-state index contributed by atoms with van der Waals surface area (Å²) >= 11 is 5.74. The Labute approximate surface area is 163 Å². The van der Waals surface area contributed by atoms with Crippen LogP contribution in [-0.2, 0) is 19.7 Å². The summed E-state index contributed by atoms with van der Waals surface area (Å²) in [4.78, 5) is 27.9. The number of carbonyl (C=O) groups excluding carboxylic acids is 2. The first kappa shape index (κ1) is 20.7. The van der Waals surface area contributed by atoms with Gasteiger partial charge in [0.25, 0.3) is 5.91 Å². The molecule has 0 aliphatic carbocycles. The summed E-state index contributed by atoms with van der Waals surface area (Å²) in [5, 5.41) is 3.00. The van der Waals surface area contributed by atoms with Gasteiger partial charge in [-0.2, -0.15) is 0 Å². The Morgan fingerprint density at radius 2 is 1.81 bits per heavy atom. The van der Waals surface area contributed by atoms with Crippen molar-refractivity contribution in [3.63, 3.8) is 0 Å². The zero-order valence-corrected chi connectivity index (χ0v) is 16.5. The molecule has 1 aromatic heterocycles. The van der Waals surface area contributed by atoms with Gasteiger partial charge in [-0.05, 0) is 42.2 Å². The van der Waals surface area contributed by atoms with E-state index >= 15 is 0 Å². The predicted octanol–water partition coefficient (Wildman–Crippen LogP) is 3.98. The molecule has 0 aliphatic heterocycles. The summed E-state index contributed by atoms with van der Waals surface area (Å²) in [6.07, 6.45) is 0.425. The summed E-state index contributed by atoms with van der Waals surface area (Å²) in [5.41, 5.74) is 1.21. The molecular formula is C20H23ClN2O4. The first-order chi connectivity index (χ1) is 12.6. The van der Waals surface area contributed by atoms with Crippen LogP contribution in [0.3, 0.4) is 0 Å². The fraction of sp³-hybridized carbons (Fsp3) is 0.350. The molecule has 1 aromatic carbocycles. The molecule has 0 radical (unpaired) electrons. The third-order valence-electron chi connectivity index (χ3n) is 3.73. The van der Waals surface area contributed by atoms with Gasteiger partial charge >= 0.3 is 5.97 Å². The lowest BCUT2D eigenvalue weighted by Crippen LogP contribution is -2.31. The van der Waals surface area contributed by atoms with Crippen molar-refractivity contribution in [1.29, 1.82) is 0 Å². The lowest BCUT2D eigenvalue weighted by molar-refractivity contribution is -0.155. The maximum atomic E-state index is 12.0.